The van der Waals surface area contributed by atoms with E-state index in [0.717, 1.165) is 34.2 Å². The predicted molar refractivity (Wildman–Crippen MR) is 119 cm³/mol. The normalized spacial score (nSPS) is 13.2. The summed E-state index contributed by atoms with van der Waals surface area (Å²) in [5.74, 6) is 0.508. The average Bonchev–Trinajstić information content (AvgIpc) is 2.69. The molecule has 160 valence electrons. The molecule has 2 aromatic carbocycles. The van der Waals surface area contributed by atoms with Gasteiger partial charge >= 0.3 is 7.60 Å². The molecule has 0 aliphatic carbocycles. The molecule has 0 radical (unpaired) electrons. The number of carbonyl (C=O) groups is 1. The van der Waals surface area contributed by atoms with E-state index in [0.29, 0.717) is 17.3 Å². The molecule has 3 N–H and O–H groups in total. The SMILES string of the molecule is COc1ccc2nc3cc(Cl)ccc3c(NCCC(=O)NCCOP(C)(=O)O)c2c1. The Morgan fingerprint density at radius 3 is 2.70 bits per heavy atom. The number of pyridine rings is 1. The van der Waals surface area contributed by atoms with Crippen molar-refractivity contribution in [3.05, 3.63) is 41.4 Å². The van der Waals surface area contributed by atoms with Crippen LogP contribution in [-0.4, -0.2) is 49.3 Å². The summed E-state index contributed by atoms with van der Waals surface area (Å²) in [6.45, 7) is 1.62. The standard InChI is InChI=1S/C20H23ClN3O5P/c1-28-14-4-6-17-16(12-14)20(15-5-3-13(21)11-18(15)24-17)23-8-7-19(25)22-9-10-29-30(2,26)27/h3-6,11-12H,7-10H2,1-2H3,(H,22,25)(H,23,24)(H,26,27). The van der Waals surface area contributed by atoms with Crippen LogP contribution in [0.2, 0.25) is 5.02 Å². The lowest BCUT2D eigenvalue weighted by Gasteiger charge is -2.14. The lowest BCUT2D eigenvalue weighted by atomic mass is 10.1. The molecule has 1 aromatic heterocycles. The lowest BCUT2D eigenvalue weighted by Crippen LogP contribution is -2.28. The number of ether oxygens (including phenoxy) is 1. The van der Waals surface area contributed by atoms with E-state index in [4.69, 9.17) is 25.8 Å². The van der Waals surface area contributed by atoms with Gasteiger partial charge in [-0.15, -0.1) is 0 Å². The van der Waals surface area contributed by atoms with Crippen LogP contribution < -0.4 is 15.4 Å². The third-order valence-corrected chi connectivity index (χ3v) is 5.25. The molecule has 0 aliphatic rings. The van der Waals surface area contributed by atoms with Gasteiger partial charge in [0.1, 0.15) is 5.75 Å². The van der Waals surface area contributed by atoms with Crippen LogP contribution in [0, 0.1) is 0 Å². The van der Waals surface area contributed by atoms with Crippen LogP contribution in [-0.2, 0) is 13.9 Å². The summed E-state index contributed by atoms with van der Waals surface area (Å²) >= 11 is 6.13. The zero-order chi connectivity index (χ0) is 21.7. The Morgan fingerprint density at radius 1 is 1.17 bits per heavy atom. The third kappa shape index (κ3) is 5.83. The van der Waals surface area contributed by atoms with E-state index < -0.39 is 7.60 Å². The van der Waals surface area contributed by atoms with Gasteiger partial charge in [0.2, 0.25) is 5.91 Å². The minimum atomic E-state index is -3.53. The largest absolute Gasteiger partial charge is 0.497 e. The van der Waals surface area contributed by atoms with E-state index in [1.165, 1.54) is 0 Å². The highest BCUT2D eigenvalue weighted by atomic mass is 35.5. The minimum Gasteiger partial charge on any atom is -0.497 e. The Hall–Kier alpha value is -2.38. The summed E-state index contributed by atoms with van der Waals surface area (Å²) in [7, 11) is -1.93. The fraction of sp³-hybridized carbons (Fsp3) is 0.300. The molecule has 0 fully saturated rings. The number of halogens is 1. The molecular weight excluding hydrogens is 429 g/mol. The van der Waals surface area contributed by atoms with Gasteiger partial charge < -0.3 is 24.8 Å². The van der Waals surface area contributed by atoms with Crippen LogP contribution in [0.4, 0.5) is 5.69 Å². The highest BCUT2D eigenvalue weighted by molar-refractivity contribution is 7.51. The Labute approximate surface area is 179 Å². The number of fused-ring (bicyclic) bond motifs is 2. The van der Waals surface area contributed by atoms with Crippen LogP contribution in [0.3, 0.4) is 0 Å². The van der Waals surface area contributed by atoms with E-state index >= 15 is 0 Å². The van der Waals surface area contributed by atoms with E-state index in [9.17, 15) is 9.36 Å². The number of benzene rings is 2. The van der Waals surface area contributed by atoms with Crippen molar-refractivity contribution in [2.24, 2.45) is 0 Å². The van der Waals surface area contributed by atoms with Crippen LogP contribution in [0.1, 0.15) is 6.42 Å². The van der Waals surface area contributed by atoms with Gasteiger partial charge in [-0.3, -0.25) is 9.36 Å². The zero-order valence-corrected chi connectivity index (χ0v) is 18.3. The summed E-state index contributed by atoms with van der Waals surface area (Å²) in [4.78, 5) is 25.8. The van der Waals surface area contributed by atoms with Crippen molar-refractivity contribution in [1.82, 2.24) is 10.3 Å². The van der Waals surface area contributed by atoms with Crippen LogP contribution >= 0.6 is 19.2 Å². The average molecular weight is 452 g/mol. The molecule has 0 spiro atoms. The summed E-state index contributed by atoms with van der Waals surface area (Å²) in [6.07, 6.45) is 0.214. The molecule has 3 aromatic rings. The van der Waals surface area contributed by atoms with Gasteiger partial charge in [0.25, 0.3) is 0 Å². The number of nitrogens with zero attached hydrogens (tertiary/aromatic N) is 1. The smallest absolute Gasteiger partial charge is 0.325 e. The van der Waals surface area contributed by atoms with Crippen molar-refractivity contribution in [2.45, 2.75) is 6.42 Å². The number of carbonyl (C=O) groups excluding carboxylic acids is 1. The van der Waals surface area contributed by atoms with Gasteiger partial charge in [0.15, 0.2) is 0 Å². The molecule has 1 heterocycles. The second kappa shape index (κ2) is 9.62. The molecule has 8 nitrogen and oxygen atoms in total. The number of methoxy groups -OCH3 is 1. The van der Waals surface area contributed by atoms with E-state index in [1.807, 2.05) is 24.3 Å². The predicted octanol–water partition coefficient (Wildman–Crippen LogP) is 3.80. The Balaban J connectivity index is 1.73. The van der Waals surface area contributed by atoms with Crippen LogP contribution in [0.5, 0.6) is 5.75 Å². The molecule has 0 aliphatic heterocycles. The van der Waals surface area contributed by atoms with Gasteiger partial charge in [-0.05, 0) is 36.4 Å². The summed E-state index contributed by atoms with van der Waals surface area (Å²) in [6, 6.07) is 11.1. The first-order valence-electron chi connectivity index (χ1n) is 9.29. The molecule has 10 heteroatoms. The van der Waals surface area contributed by atoms with Gasteiger partial charge in [-0.2, -0.15) is 0 Å². The van der Waals surface area contributed by atoms with Gasteiger partial charge in [0.05, 0.1) is 30.4 Å². The van der Waals surface area contributed by atoms with Crippen LogP contribution in [0.15, 0.2) is 36.4 Å². The second-order valence-electron chi connectivity index (χ2n) is 6.69. The lowest BCUT2D eigenvalue weighted by molar-refractivity contribution is -0.120. The molecule has 0 saturated heterocycles. The number of nitrogens with one attached hydrogen (secondary N) is 2. The Morgan fingerprint density at radius 2 is 1.97 bits per heavy atom. The highest BCUT2D eigenvalue weighted by Crippen LogP contribution is 2.36. The molecule has 3 rings (SSSR count). The topological polar surface area (TPSA) is 110 Å². The van der Waals surface area contributed by atoms with Crippen molar-refractivity contribution in [2.75, 3.05) is 38.8 Å². The van der Waals surface area contributed by atoms with Crippen molar-refractivity contribution in [1.29, 1.82) is 0 Å². The zero-order valence-electron chi connectivity index (χ0n) is 16.6. The van der Waals surface area contributed by atoms with Crippen molar-refractivity contribution in [3.8, 4) is 5.75 Å². The van der Waals surface area contributed by atoms with Gasteiger partial charge in [-0.1, -0.05) is 11.6 Å². The first-order valence-corrected chi connectivity index (χ1v) is 11.7. The molecule has 1 atom stereocenters. The molecular formula is C20H23ClN3O5P. The maximum atomic E-state index is 12.0. The fourth-order valence-electron chi connectivity index (χ4n) is 3.01. The molecule has 0 bridgehead atoms. The number of hydrogen-bond donors (Lipinski definition) is 3. The third-order valence-electron chi connectivity index (χ3n) is 4.35. The van der Waals surface area contributed by atoms with E-state index in [1.54, 1.807) is 19.2 Å². The number of amides is 1. The Kier molecular flexibility index (Phi) is 7.15. The molecule has 30 heavy (non-hydrogen) atoms. The van der Waals surface area contributed by atoms with Crippen LogP contribution in [0.25, 0.3) is 21.8 Å². The minimum absolute atomic E-state index is 0.0242. The maximum Gasteiger partial charge on any atom is 0.325 e. The summed E-state index contributed by atoms with van der Waals surface area (Å²) in [5, 5.41) is 8.34. The van der Waals surface area contributed by atoms with E-state index in [2.05, 4.69) is 15.6 Å². The highest BCUT2D eigenvalue weighted by Gasteiger charge is 2.12. The number of hydrogen-bond acceptors (Lipinski definition) is 6. The van der Waals surface area contributed by atoms with Gasteiger partial charge in [0, 0.05) is 42.0 Å². The first kappa shape index (κ1) is 22.3. The molecule has 1 amide bonds. The number of rotatable bonds is 9. The number of anilines is 1. The van der Waals surface area contributed by atoms with Crippen molar-refractivity contribution >= 4 is 52.6 Å². The summed E-state index contributed by atoms with van der Waals surface area (Å²) in [5.41, 5.74) is 2.37. The van der Waals surface area contributed by atoms with E-state index in [-0.39, 0.29) is 25.5 Å². The molecule has 1 unspecified atom stereocenters. The first-order chi connectivity index (χ1) is 14.3. The second-order valence-corrected chi connectivity index (χ2v) is 8.99. The quantitative estimate of drug-likeness (QED) is 0.258. The Bertz CT molecular complexity index is 1120. The van der Waals surface area contributed by atoms with Crippen molar-refractivity contribution in [3.63, 3.8) is 0 Å². The summed E-state index contributed by atoms with van der Waals surface area (Å²) < 4.78 is 21.1. The molecule has 0 saturated carbocycles. The monoisotopic (exact) mass is 451 g/mol. The number of aromatic nitrogens is 1. The van der Waals surface area contributed by atoms with Crippen molar-refractivity contribution < 1.29 is 23.5 Å². The maximum absolute atomic E-state index is 12.0. The fourth-order valence-corrected chi connectivity index (χ4v) is 3.61. The van der Waals surface area contributed by atoms with Gasteiger partial charge in [-0.25, -0.2) is 4.98 Å².